The smallest absolute Gasteiger partial charge is 0.201 e. The van der Waals surface area contributed by atoms with E-state index in [0.717, 1.165) is 24.1 Å². The summed E-state index contributed by atoms with van der Waals surface area (Å²) in [5, 5.41) is 0. The second-order valence-electron chi connectivity index (χ2n) is 6.09. The fourth-order valence-corrected chi connectivity index (χ4v) is 3.10. The standard InChI is InChI=1S/C14H21IN4/c1-14(2,8-18(3)4)9-19-12-6-5-10(15)7-11(12)17-13(19)16/h5-7H,8-9H2,1-4H3,(H2,16,17). The molecule has 0 spiro atoms. The quantitative estimate of drug-likeness (QED) is 0.840. The van der Waals surface area contributed by atoms with Crippen LogP contribution >= 0.6 is 22.6 Å². The number of nitrogen functional groups attached to an aromatic ring is 1. The van der Waals surface area contributed by atoms with Crippen LogP contribution in [0.25, 0.3) is 11.0 Å². The summed E-state index contributed by atoms with van der Waals surface area (Å²) in [6, 6.07) is 6.27. The number of benzene rings is 1. The third-order valence-electron chi connectivity index (χ3n) is 3.07. The Kier molecular flexibility index (Phi) is 4.06. The first-order valence-electron chi connectivity index (χ1n) is 6.34. The van der Waals surface area contributed by atoms with Gasteiger partial charge in [-0.05, 0) is 60.3 Å². The molecule has 0 amide bonds. The van der Waals surface area contributed by atoms with E-state index in [1.807, 2.05) is 0 Å². The summed E-state index contributed by atoms with van der Waals surface area (Å²) in [5.41, 5.74) is 8.32. The van der Waals surface area contributed by atoms with Gasteiger partial charge in [0.2, 0.25) is 5.95 Å². The SMILES string of the molecule is CN(C)CC(C)(C)Cn1c(N)nc2cc(I)ccc21. The molecule has 0 bridgehead atoms. The Morgan fingerprint density at radius 1 is 1.37 bits per heavy atom. The first kappa shape index (κ1) is 14.6. The Morgan fingerprint density at radius 2 is 2.05 bits per heavy atom. The lowest BCUT2D eigenvalue weighted by molar-refractivity contribution is 0.214. The maximum absolute atomic E-state index is 6.08. The molecular weight excluding hydrogens is 351 g/mol. The summed E-state index contributed by atoms with van der Waals surface area (Å²) in [6.45, 7) is 6.39. The van der Waals surface area contributed by atoms with E-state index in [0.29, 0.717) is 5.95 Å². The highest BCUT2D eigenvalue weighted by molar-refractivity contribution is 14.1. The molecule has 0 saturated heterocycles. The molecule has 0 atom stereocenters. The molecule has 1 aromatic heterocycles. The number of aromatic nitrogens is 2. The molecule has 5 heteroatoms. The first-order valence-corrected chi connectivity index (χ1v) is 7.42. The van der Waals surface area contributed by atoms with E-state index in [2.05, 4.69) is 83.2 Å². The Bertz CT molecular complexity index is 586. The van der Waals surface area contributed by atoms with Gasteiger partial charge in [-0.2, -0.15) is 0 Å². The Labute approximate surface area is 128 Å². The van der Waals surface area contributed by atoms with E-state index < -0.39 is 0 Å². The van der Waals surface area contributed by atoms with Crippen LogP contribution in [0.1, 0.15) is 13.8 Å². The van der Waals surface area contributed by atoms with Crippen LogP contribution in [0.15, 0.2) is 18.2 Å². The average molecular weight is 372 g/mol. The summed E-state index contributed by atoms with van der Waals surface area (Å²) in [5.74, 6) is 0.601. The summed E-state index contributed by atoms with van der Waals surface area (Å²) in [7, 11) is 4.19. The fourth-order valence-electron chi connectivity index (χ4n) is 2.62. The largest absolute Gasteiger partial charge is 0.369 e. The molecule has 2 rings (SSSR count). The predicted molar refractivity (Wildman–Crippen MR) is 89.2 cm³/mol. The monoisotopic (exact) mass is 372 g/mol. The van der Waals surface area contributed by atoms with Crippen molar-refractivity contribution in [3.8, 4) is 0 Å². The van der Waals surface area contributed by atoms with E-state index >= 15 is 0 Å². The van der Waals surface area contributed by atoms with Crippen molar-refractivity contribution in [2.45, 2.75) is 20.4 Å². The van der Waals surface area contributed by atoms with Crippen LogP contribution in [-0.4, -0.2) is 35.1 Å². The zero-order valence-electron chi connectivity index (χ0n) is 11.9. The lowest BCUT2D eigenvalue weighted by Crippen LogP contribution is -2.32. The predicted octanol–water partition coefficient (Wildman–Crippen LogP) is 2.81. The van der Waals surface area contributed by atoms with Crippen molar-refractivity contribution in [1.29, 1.82) is 0 Å². The van der Waals surface area contributed by atoms with Crippen LogP contribution in [0.5, 0.6) is 0 Å². The van der Waals surface area contributed by atoms with Crippen molar-refractivity contribution in [1.82, 2.24) is 14.5 Å². The molecule has 104 valence electrons. The van der Waals surface area contributed by atoms with Gasteiger partial charge in [0.15, 0.2) is 0 Å². The summed E-state index contributed by atoms with van der Waals surface area (Å²) in [6.07, 6.45) is 0. The molecule has 19 heavy (non-hydrogen) atoms. The number of anilines is 1. The van der Waals surface area contributed by atoms with Crippen LogP contribution in [-0.2, 0) is 6.54 Å². The molecule has 0 aliphatic heterocycles. The molecule has 0 unspecified atom stereocenters. The number of nitrogens with zero attached hydrogens (tertiary/aromatic N) is 3. The molecule has 0 fully saturated rings. The molecular formula is C14H21IN4. The van der Waals surface area contributed by atoms with Gasteiger partial charge in [0.1, 0.15) is 0 Å². The topological polar surface area (TPSA) is 47.1 Å². The molecule has 0 radical (unpaired) electrons. The highest BCUT2D eigenvalue weighted by Crippen LogP contribution is 2.26. The summed E-state index contributed by atoms with van der Waals surface area (Å²) >= 11 is 2.30. The van der Waals surface area contributed by atoms with Crippen molar-refractivity contribution in [2.24, 2.45) is 5.41 Å². The third kappa shape index (κ3) is 3.39. The Hall–Kier alpha value is -0.820. The summed E-state index contributed by atoms with van der Waals surface area (Å²) < 4.78 is 3.30. The van der Waals surface area contributed by atoms with E-state index in [1.54, 1.807) is 0 Å². The van der Waals surface area contributed by atoms with Crippen molar-refractivity contribution in [3.05, 3.63) is 21.8 Å². The molecule has 4 nitrogen and oxygen atoms in total. The van der Waals surface area contributed by atoms with Gasteiger partial charge in [0, 0.05) is 16.7 Å². The van der Waals surface area contributed by atoms with Gasteiger partial charge in [-0.3, -0.25) is 0 Å². The van der Waals surface area contributed by atoms with Gasteiger partial charge >= 0.3 is 0 Å². The van der Waals surface area contributed by atoms with Crippen molar-refractivity contribution in [2.75, 3.05) is 26.4 Å². The van der Waals surface area contributed by atoms with Crippen molar-refractivity contribution >= 4 is 39.6 Å². The Morgan fingerprint density at radius 3 is 2.68 bits per heavy atom. The van der Waals surface area contributed by atoms with Crippen LogP contribution in [0, 0.1) is 8.99 Å². The fraction of sp³-hybridized carbons (Fsp3) is 0.500. The van der Waals surface area contributed by atoms with Gasteiger partial charge in [-0.25, -0.2) is 4.98 Å². The highest BCUT2D eigenvalue weighted by atomic mass is 127. The maximum atomic E-state index is 6.08. The molecule has 2 aromatic rings. The minimum absolute atomic E-state index is 0.147. The maximum Gasteiger partial charge on any atom is 0.201 e. The normalized spacial score (nSPS) is 12.5. The van der Waals surface area contributed by atoms with Crippen LogP contribution in [0.4, 0.5) is 5.95 Å². The van der Waals surface area contributed by atoms with E-state index in [1.165, 1.54) is 3.57 Å². The number of fused-ring (bicyclic) bond motifs is 1. The molecule has 0 aliphatic rings. The molecule has 2 N–H and O–H groups in total. The molecule has 0 aliphatic carbocycles. The van der Waals surface area contributed by atoms with E-state index in [4.69, 9.17) is 5.73 Å². The highest BCUT2D eigenvalue weighted by Gasteiger charge is 2.22. The lowest BCUT2D eigenvalue weighted by atomic mass is 9.93. The molecule has 1 heterocycles. The second-order valence-corrected chi connectivity index (χ2v) is 7.34. The van der Waals surface area contributed by atoms with E-state index in [9.17, 15) is 0 Å². The number of hydrogen-bond acceptors (Lipinski definition) is 3. The van der Waals surface area contributed by atoms with Gasteiger partial charge in [-0.1, -0.05) is 13.8 Å². The third-order valence-corrected chi connectivity index (χ3v) is 3.74. The number of nitrogens with two attached hydrogens (primary N) is 1. The molecule has 0 saturated carbocycles. The van der Waals surface area contributed by atoms with Crippen molar-refractivity contribution < 1.29 is 0 Å². The minimum atomic E-state index is 0.147. The minimum Gasteiger partial charge on any atom is -0.369 e. The zero-order valence-corrected chi connectivity index (χ0v) is 14.1. The second kappa shape index (κ2) is 5.28. The number of imidazole rings is 1. The van der Waals surface area contributed by atoms with Gasteiger partial charge in [-0.15, -0.1) is 0 Å². The first-order chi connectivity index (χ1) is 8.78. The number of hydrogen-bond donors (Lipinski definition) is 1. The van der Waals surface area contributed by atoms with Crippen LogP contribution < -0.4 is 5.73 Å². The lowest BCUT2D eigenvalue weighted by Gasteiger charge is -2.29. The van der Waals surface area contributed by atoms with Crippen LogP contribution in [0.2, 0.25) is 0 Å². The van der Waals surface area contributed by atoms with Gasteiger partial charge < -0.3 is 15.2 Å². The van der Waals surface area contributed by atoms with Gasteiger partial charge in [0.25, 0.3) is 0 Å². The van der Waals surface area contributed by atoms with E-state index in [-0.39, 0.29) is 5.41 Å². The average Bonchev–Trinajstić information content (AvgIpc) is 2.52. The Balaban J connectivity index is 2.37. The summed E-state index contributed by atoms with van der Waals surface area (Å²) in [4.78, 5) is 6.67. The van der Waals surface area contributed by atoms with Crippen LogP contribution in [0.3, 0.4) is 0 Å². The van der Waals surface area contributed by atoms with Gasteiger partial charge in [0.05, 0.1) is 11.0 Å². The zero-order chi connectivity index (χ0) is 14.2. The number of halogens is 1. The molecule has 1 aromatic carbocycles. The van der Waals surface area contributed by atoms with Crippen molar-refractivity contribution in [3.63, 3.8) is 0 Å². The number of rotatable bonds is 4.